The largest absolute Gasteiger partial charge is 0.319 e. The van der Waals surface area contributed by atoms with E-state index < -0.39 is 21.0 Å². The van der Waals surface area contributed by atoms with Gasteiger partial charge in [-0.25, -0.2) is 13.4 Å². The maximum Gasteiger partial charge on any atom is 0.276 e. The average Bonchev–Trinajstić information content (AvgIpc) is 3.31. The second-order valence-electron chi connectivity index (χ2n) is 8.81. The van der Waals surface area contributed by atoms with Crippen molar-refractivity contribution < 1.29 is 13.2 Å². The fourth-order valence-electron chi connectivity index (χ4n) is 3.86. The fourth-order valence-corrected chi connectivity index (χ4v) is 4.80. The van der Waals surface area contributed by atoms with Gasteiger partial charge in [0.05, 0.1) is 22.7 Å². The molecular weight excluding hydrogens is 476 g/mol. The molecule has 0 radical (unpaired) electrons. The minimum absolute atomic E-state index is 0.0257. The Morgan fingerprint density at radius 3 is 2.47 bits per heavy atom. The highest BCUT2D eigenvalue weighted by Crippen LogP contribution is 2.26. The number of rotatable bonds is 9. The highest BCUT2D eigenvalue weighted by Gasteiger charge is 2.21. The average molecular weight is 507 g/mol. The number of carbonyl (C=O) groups excluding carboxylic acids is 1. The SMILES string of the molecule is CCN(CC)Cc1cncc(-c2ccc3[nH]nc(C(=O)Nc4ccc(S(=O)(=O)C(C)C)nc4)c3c2)c1. The number of aromatic nitrogens is 4. The van der Waals surface area contributed by atoms with Crippen molar-refractivity contribution in [2.75, 3.05) is 18.4 Å². The van der Waals surface area contributed by atoms with Crippen LogP contribution in [0.1, 0.15) is 43.7 Å². The van der Waals surface area contributed by atoms with Gasteiger partial charge in [-0.2, -0.15) is 5.10 Å². The van der Waals surface area contributed by atoms with Crippen LogP contribution in [0.25, 0.3) is 22.0 Å². The summed E-state index contributed by atoms with van der Waals surface area (Å²) in [6, 6.07) is 10.8. The second kappa shape index (κ2) is 10.5. The van der Waals surface area contributed by atoms with Gasteiger partial charge in [0.25, 0.3) is 5.91 Å². The first-order valence-electron chi connectivity index (χ1n) is 11.9. The highest BCUT2D eigenvalue weighted by molar-refractivity contribution is 7.91. The molecule has 188 valence electrons. The molecule has 0 bridgehead atoms. The van der Waals surface area contributed by atoms with Gasteiger partial charge in [-0.05, 0) is 68.4 Å². The summed E-state index contributed by atoms with van der Waals surface area (Å²) >= 11 is 0. The zero-order valence-corrected chi connectivity index (χ0v) is 21.6. The standard InChI is InChI=1S/C26H30N6O3S/c1-5-32(6-2)16-18-11-20(14-27-13-18)19-7-9-23-22(12-19)25(31-30-23)26(33)29-21-8-10-24(28-15-21)36(34,35)17(3)4/h7-15,17H,5-6,16H2,1-4H3,(H,29,33)(H,30,31). The van der Waals surface area contributed by atoms with E-state index in [-0.39, 0.29) is 10.7 Å². The van der Waals surface area contributed by atoms with E-state index in [1.807, 2.05) is 30.6 Å². The molecule has 4 rings (SSSR count). The normalized spacial score (nSPS) is 11.9. The van der Waals surface area contributed by atoms with E-state index in [9.17, 15) is 13.2 Å². The van der Waals surface area contributed by atoms with Gasteiger partial charge in [-0.15, -0.1) is 0 Å². The molecule has 0 atom stereocenters. The minimum Gasteiger partial charge on any atom is -0.319 e. The Hall–Kier alpha value is -3.63. The Bertz CT molecular complexity index is 1480. The first-order valence-corrected chi connectivity index (χ1v) is 13.4. The summed E-state index contributed by atoms with van der Waals surface area (Å²) in [7, 11) is -3.49. The molecule has 9 nitrogen and oxygen atoms in total. The van der Waals surface area contributed by atoms with E-state index in [4.69, 9.17) is 0 Å². The maximum absolute atomic E-state index is 13.0. The molecule has 10 heteroatoms. The van der Waals surface area contributed by atoms with Gasteiger partial charge in [-0.1, -0.05) is 19.9 Å². The molecule has 36 heavy (non-hydrogen) atoms. The Kier molecular flexibility index (Phi) is 7.46. The van der Waals surface area contributed by atoms with Crippen LogP contribution in [0.4, 0.5) is 5.69 Å². The number of hydrogen-bond donors (Lipinski definition) is 2. The first-order chi connectivity index (χ1) is 17.2. The molecule has 4 aromatic rings. The van der Waals surface area contributed by atoms with Crippen molar-refractivity contribution in [1.82, 2.24) is 25.1 Å². The molecule has 3 aromatic heterocycles. The van der Waals surface area contributed by atoms with Gasteiger partial charge < -0.3 is 5.32 Å². The van der Waals surface area contributed by atoms with Gasteiger partial charge in [-0.3, -0.25) is 19.8 Å². The zero-order chi connectivity index (χ0) is 25.9. The summed E-state index contributed by atoms with van der Waals surface area (Å²) in [5.41, 5.74) is 4.35. The number of fused-ring (bicyclic) bond motifs is 1. The van der Waals surface area contributed by atoms with Crippen molar-refractivity contribution in [2.45, 2.75) is 44.5 Å². The summed E-state index contributed by atoms with van der Waals surface area (Å²) in [6.07, 6.45) is 5.02. The number of aromatic amines is 1. The Morgan fingerprint density at radius 1 is 1.03 bits per heavy atom. The second-order valence-corrected chi connectivity index (χ2v) is 11.3. The number of amides is 1. The van der Waals surface area contributed by atoms with E-state index in [0.717, 1.165) is 41.8 Å². The summed E-state index contributed by atoms with van der Waals surface area (Å²) in [5.74, 6) is -0.423. The number of nitrogens with one attached hydrogen (secondary N) is 2. The summed E-state index contributed by atoms with van der Waals surface area (Å²) in [6.45, 7) is 10.2. The molecule has 0 aliphatic rings. The third kappa shape index (κ3) is 5.29. The van der Waals surface area contributed by atoms with Crippen molar-refractivity contribution in [1.29, 1.82) is 0 Å². The van der Waals surface area contributed by atoms with E-state index in [0.29, 0.717) is 11.1 Å². The lowest BCUT2D eigenvalue weighted by Crippen LogP contribution is -2.22. The van der Waals surface area contributed by atoms with Gasteiger partial charge in [0, 0.05) is 29.9 Å². The molecule has 0 aliphatic carbocycles. The number of carbonyl (C=O) groups is 1. The van der Waals surface area contributed by atoms with Crippen LogP contribution in [0.5, 0.6) is 0 Å². The molecule has 3 heterocycles. The van der Waals surface area contributed by atoms with Gasteiger partial charge in [0.15, 0.2) is 20.6 Å². The molecule has 0 aliphatic heterocycles. The van der Waals surface area contributed by atoms with Crippen LogP contribution in [0.15, 0.2) is 60.0 Å². The number of nitrogens with zero attached hydrogens (tertiary/aromatic N) is 4. The molecule has 0 unspecified atom stereocenters. The van der Waals surface area contributed by atoms with Crippen molar-refractivity contribution in [3.8, 4) is 11.1 Å². The van der Waals surface area contributed by atoms with Crippen molar-refractivity contribution in [2.24, 2.45) is 0 Å². The van der Waals surface area contributed by atoms with E-state index in [1.165, 1.54) is 18.3 Å². The number of sulfone groups is 1. The quantitative estimate of drug-likeness (QED) is 0.347. The lowest BCUT2D eigenvalue weighted by molar-refractivity contribution is 0.102. The van der Waals surface area contributed by atoms with Crippen LogP contribution in [-0.2, 0) is 16.4 Å². The van der Waals surface area contributed by atoms with Crippen molar-refractivity contribution in [3.63, 3.8) is 0 Å². The van der Waals surface area contributed by atoms with Gasteiger partial charge in [0.2, 0.25) is 0 Å². The van der Waals surface area contributed by atoms with Crippen molar-refractivity contribution >= 4 is 32.3 Å². The predicted molar refractivity (Wildman–Crippen MR) is 140 cm³/mol. The number of pyridine rings is 2. The third-order valence-electron chi connectivity index (χ3n) is 6.11. The molecule has 0 spiro atoms. The minimum atomic E-state index is -3.49. The van der Waals surface area contributed by atoms with Crippen LogP contribution in [-0.4, -0.2) is 57.7 Å². The lowest BCUT2D eigenvalue weighted by atomic mass is 10.0. The van der Waals surface area contributed by atoms with Crippen LogP contribution in [0, 0.1) is 0 Å². The maximum atomic E-state index is 13.0. The molecule has 1 amide bonds. The van der Waals surface area contributed by atoms with Gasteiger partial charge >= 0.3 is 0 Å². The number of H-pyrrole nitrogens is 1. The summed E-state index contributed by atoms with van der Waals surface area (Å²) in [4.78, 5) is 23.8. The topological polar surface area (TPSA) is 121 Å². The fraction of sp³-hybridized carbons (Fsp3) is 0.308. The van der Waals surface area contributed by atoms with Crippen LogP contribution in [0.2, 0.25) is 0 Å². The lowest BCUT2D eigenvalue weighted by Gasteiger charge is -2.18. The molecule has 0 saturated carbocycles. The molecule has 0 saturated heterocycles. The summed E-state index contributed by atoms with van der Waals surface area (Å²) in [5, 5.41) is 9.93. The third-order valence-corrected chi connectivity index (χ3v) is 8.18. The Morgan fingerprint density at radius 2 is 1.81 bits per heavy atom. The van der Waals surface area contributed by atoms with Crippen LogP contribution in [0.3, 0.4) is 0 Å². The van der Waals surface area contributed by atoms with Gasteiger partial charge in [0.1, 0.15) is 0 Å². The van der Waals surface area contributed by atoms with Crippen LogP contribution >= 0.6 is 0 Å². The van der Waals surface area contributed by atoms with E-state index >= 15 is 0 Å². The van der Waals surface area contributed by atoms with Crippen LogP contribution < -0.4 is 5.32 Å². The Balaban J connectivity index is 1.58. The van der Waals surface area contributed by atoms with Crippen molar-refractivity contribution in [3.05, 3.63) is 66.2 Å². The van der Waals surface area contributed by atoms with E-state index in [2.05, 4.69) is 50.3 Å². The predicted octanol–water partition coefficient (Wildman–Crippen LogP) is 4.30. The van der Waals surface area contributed by atoms with E-state index in [1.54, 1.807) is 13.8 Å². The number of anilines is 1. The first kappa shape index (κ1) is 25.5. The molecular formula is C26H30N6O3S. The number of hydrogen-bond acceptors (Lipinski definition) is 7. The Labute approximate surface area is 210 Å². The highest BCUT2D eigenvalue weighted by atomic mass is 32.2. The zero-order valence-electron chi connectivity index (χ0n) is 20.8. The molecule has 0 fully saturated rings. The number of benzene rings is 1. The molecule has 1 aromatic carbocycles. The monoisotopic (exact) mass is 506 g/mol. The molecule has 2 N–H and O–H groups in total. The smallest absolute Gasteiger partial charge is 0.276 e. The summed E-state index contributed by atoms with van der Waals surface area (Å²) < 4.78 is 24.6.